The minimum atomic E-state index is -0.364. The average Bonchev–Trinajstić information content (AvgIpc) is 2.61. The van der Waals surface area contributed by atoms with Crippen molar-refractivity contribution in [2.75, 3.05) is 6.61 Å². The first-order valence-corrected chi connectivity index (χ1v) is 7.75. The second kappa shape index (κ2) is 6.97. The molecule has 0 aliphatic carbocycles. The van der Waals surface area contributed by atoms with Crippen LogP contribution in [0.4, 0.5) is 4.39 Å². The number of ether oxygens (including phenoxy) is 1. The molecule has 0 N–H and O–H groups in total. The van der Waals surface area contributed by atoms with E-state index in [9.17, 15) is 9.65 Å². The molecule has 0 bridgehead atoms. The number of rotatable bonds is 4. The van der Waals surface area contributed by atoms with Gasteiger partial charge in [0.05, 0.1) is 18.2 Å². The summed E-state index contributed by atoms with van der Waals surface area (Å²) in [6.07, 6.45) is 1.77. The van der Waals surface area contributed by atoms with Crippen molar-refractivity contribution in [1.29, 1.82) is 5.26 Å². The lowest BCUT2D eigenvalue weighted by Gasteiger charge is -2.11. The number of fused-ring (bicyclic) bond motifs is 1. The quantitative estimate of drug-likeness (QED) is 0.474. The zero-order valence-electron chi connectivity index (χ0n) is 13.3. The molecule has 3 aromatic carbocycles. The smallest absolute Gasteiger partial charge is 0.127 e. The first-order chi connectivity index (χ1) is 11.7. The molecular formula is C21H16FNO. The number of halogens is 1. The number of nitrogens with zero attached hydrogens (tertiary/aromatic N) is 1. The minimum Gasteiger partial charge on any atom is -0.493 e. The van der Waals surface area contributed by atoms with E-state index in [1.165, 1.54) is 12.1 Å². The molecule has 0 saturated heterocycles. The van der Waals surface area contributed by atoms with Crippen LogP contribution in [0.25, 0.3) is 22.4 Å². The van der Waals surface area contributed by atoms with Crippen LogP contribution in [0.15, 0.2) is 60.7 Å². The summed E-state index contributed by atoms with van der Waals surface area (Å²) in [7, 11) is 0. The number of hydrogen-bond donors (Lipinski definition) is 0. The van der Waals surface area contributed by atoms with Gasteiger partial charge in [0.15, 0.2) is 0 Å². The van der Waals surface area contributed by atoms with Gasteiger partial charge in [0.2, 0.25) is 0 Å². The molecule has 2 nitrogen and oxygen atoms in total. The molecule has 0 unspecified atom stereocenters. The number of nitriles is 1. The Labute approximate surface area is 140 Å². The Hall–Kier alpha value is -3.12. The van der Waals surface area contributed by atoms with Gasteiger partial charge >= 0.3 is 0 Å². The third-order valence-corrected chi connectivity index (χ3v) is 3.78. The summed E-state index contributed by atoms with van der Waals surface area (Å²) >= 11 is 0. The Balaban J connectivity index is 2.23. The molecule has 3 rings (SSSR count). The third-order valence-electron chi connectivity index (χ3n) is 3.78. The number of allylic oxidation sites excluding steroid dienone is 1. The van der Waals surface area contributed by atoms with Gasteiger partial charge in [-0.3, -0.25) is 0 Å². The Kier molecular flexibility index (Phi) is 4.58. The molecule has 3 aromatic rings. The normalized spacial score (nSPS) is 11.3. The van der Waals surface area contributed by atoms with Gasteiger partial charge in [-0.2, -0.15) is 5.26 Å². The van der Waals surface area contributed by atoms with Crippen molar-refractivity contribution in [3.63, 3.8) is 0 Å². The first kappa shape index (κ1) is 15.8. The van der Waals surface area contributed by atoms with Gasteiger partial charge in [0.1, 0.15) is 11.6 Å². The van der Waals surface area contributed by atoms with Crippen molar-refractivity contribution in [3.05, 3.63) is 77.6 Å². The van der Waals surface area contributed by atoms with Crippen molar-refractivity contribution in [2.45, 2.75) is 6.92 Å². The van der Waals surface area contributed by atoms with Gasteiger partial charge in [-0.05, 0) is 47.5 Å². The molecule has 0 atom stereocenters. The Morgan fingerprint density at radius 3 is 2.71 bits per heavy atom. The minimum absolute atomic E-state index is 0.364. The fraction of sp³-hybridized carbons (Fsp3) is 0.0952. The molecule has 0 spiro atoms. The average molecular weight is 317 g/mol. The third kappa shape index (κ3) is 3.13. The van der Waals surface area contributed by atoms with Crippen LogP contribution in [0.2, 0.25) is 0 Å². The summed E-state index contributed by atoms with van der Waals surface area (Å²) < 4.78 is 19.2. The van der Waals surface area contributed by atoms with Crippen LogP contribution in [0.5, 0.6) is 5.75 Å². The highest BCUT2D eigenvalue weighted by Crippen LogP contribution is 2.32. The topological polar surface area (TPSA) is 33.0 Å². The molecule has 0 aliphatic heterocycles. The monoisotopic (exact) mass is 317 g/mol. The summed E-state index contributed by atoms with van der Waals surface area (Å²) in [4.78, 5) is 0. The lowest BCUT2D eigenvalue weighted by atomic mass is 9.98. The van der Waals surface area contributed by atoms with E-state index >= 15 is 0 Å². The van der Waals surface area contributed by atoms with Gasteiger partial charge in [0, 0.05) is 5.56 Å². The molecule has 0 saturated carbocycles. The Morgan fingerprint density at radius 2 is 1.96 bits per heavy atom. The van der Waals surface area contributed by atoms with Crippen molar-refractivity contribution in [3.8, 4) is 11.8 Å². The fourth-order valence-corrected chi connectivity index (χ4v) is 2.69. The number of hydrogen-bond acceptors (Lipinski definition) is 2. The van der Waals surface area contributed by atoms with Crippen LogP contribution < -0.4 is 4.74 Å². The maximum absolute atomic E-state index is 13.5. The highest BCUT2D eigenvalue weighted by Gasteiger charge is 2.10. The molecule has 0 radical (unpaired) electrons. The standard InChI is InChI=1S/C21H16FNO/c1-2-24-21-11-10-15-6-3-4-9-19(15)20(21)13-17(14-23)16-7-5-8-18(22)12-16/h3-13H,2H2,1H3/b17-13-. The molecule has 0 aliphatic rings. The van der Waals surface area contributed by atoms with Crippen LogP contribution in [-0.2, 0) is 0 Å². The molecule has 0 heterocycles. The van der Waals surface area contributed by atoms with Crippen molar-refractivity contribution >= 4 is 22.4 Å². The lowest BCUT2D eigenvalue weighted by molar-refractivity contribution is 0.340. The molecule has 0 fully saturated rings. The van der Waals surface area contributed by atoms with Gasteiger partial charge in [-0.25, -0.2) is 4.39 Å². The molecule has 24 heavy (non-hydrogen) atoms. The van der Waals surface area contributed by atoms with E-state index in [4.69, 9.17) is 4.74 Å². The summed E-state index contributed by atoms with van der Waals surface area (Å²) in [5.74, 6) is 0.344. The van der Waals surface area contributed by atoms with Gasteiger partial charge < -0.3 is 4.74 Å². The van der Waals surface area contributed by atoms with Gasteiger partial charge in [-0.15, -0.1) is 0 Å². The predicted octanol–water partition coefficient (Wildman–Crippen LogP) is 5.44. The van der Waals surface area contributed by atoms with E-state index in [0.717, 1.165) is 16.3 Å². The van der Waals surface area contributed by atoms with Gasteiger partial charge in [0.25, 0.3) is 0 Å². The van der Waals surface area contributed by atoms with Crippen LogP contribution in [-0.4, -0.2) is 6.61 Å². The van der Waals surface area contributed by atoms with Crippen LogP contribution in [0.1, 0.15) is 18.1 Å². The molecule has 0 amide bonds. The predicted molar refractivity (Wildman–Crippen MR) is 95.0 cm³/mol. The van der Waals surface area contributed by atoms with Crippen LogP contribution in [0, 0.1) is 17.1 Å². The van der Waals surface area contributed by atoms with E-state index < -0.39 is 0 Å². The second-order valence-electron chi connectivity index (χ2n) is 5.31. The van der Waals surface area contributed by atoms with Crippen molar-refractivity contribution in [1.82, 2.24) is 0 Å². The molecule has 118 valence electrons. The van der Waals surface area contributed by atoms with E-state index in [1.54, 1.807) is 18.2 Å². The fourth-order valence-electron chi connectivity index (χ4n) is 2.69. The lowest BCUT2D eigenvalue weighted by Crippen LogP contribution is -1.95. The Morgan fingerprint density at radius 1 is 1.12 bits per heavy atom. The summed E-state index contributed by atoms with van der Waals surface area (Å²) in [6.45, 7) is 2.45. The SMILES string of the molecule is CCOc1ccc2ccccc2c1/C=C(/C#N)c1cccc(F)c1. The maximum atomic E-state index is 13.5. The summed E-state index contributed by atoms with van der Waals surface area (Å²) in [5.41, 5.74) is 1.77. The number of benzene rings is 3. The highest BCUT2D eigenvalue weighted by molar-refractivity contribution is 6.00. The van der Waals surface area contributed by atoms with Crippen molar-refractivity contribution < 1.29 is 9.13 Å². The van der Waals surface area contributed by atoms with E-state index in [0.29, 0.717) is 23.5 Å². The highest BCUT2D eigenvalue weighted by atomic mass is 19.1. The zero-order valence-corrected chi connectivity index (χ0v) is 13.3. The van der Waals surface area contributed by atoms with E-state index in [1.807, 2.05) is 43.3 Å². The summed E-state index contributed by atoms with van der Waals surface area (Å²) in [6, 6.07) is 20.0. The van der Waals surface area contributed by atoms with Gasteiger partial charge in [-0.1, -0.05) is 42.5 Å². The van der Waals surface area contributed by atoms with E-state index in [2.05, 4.69) is 6.07 Å². The van der Waals surface area contributed by atoms with E-state index in [-0.39, 0.29) is 5.82 Å². The molecule has 3 heteroatoms. The second-order valence-corrected chi connectivity index (χ2v) is 5.31. The van der Waals surface area contributed by atoms with Crippen LogP contribution >= 0.6 is 0 Å². The molecular weight excluding hydrogens is 301 g/mol. The Bertz CT molecular complexity index is 953. The van der Waals surface area contributed by atoms with Crippen LogP contribution in [0.3, 0.4) is 0 Å². The first-order valence-electron chi connectivity index (χ1n) is 7.75. The zero-order chi connectivity index (χ0) is 16.9. The summed E-state index contributed by atoms with van der Waals surface area (Å²) in [5, 5.41) is 11.6. The van der Waals surface area contributed by atoms with Crippen molar-refractivity contribution in [2.24, 2.45) is 0 Å². The molecule has 0 aromatic heterocycles. The largest absolute Gasteiger partial charge is 0.493 e. The maximum Gasteiger partial charge on any atom is 0.127 e.